The van der Waals surface area contributed by atoms with Gasteiger partial charge in [-0.2, -0.15) is 0 Å². The molecule has 0 aliphatic rings. The van der Waals surface area contributed by atoms with Crippen LogP contribution in [0.2, 0.25) is 0 Å². The fraction of sp³-hybridized carbons (Fsp3) is 0.0909. The summed E-state index contributed by atoms with van der Waals surface area (Å²) < 4.78 is 25.4. The Bertz CT molecular complexity index is 1160. The van der Waals surface area contributed by atoms with E-state index in [4.69, 9.17) is 9.15 Å². The molecule has 0 spiro atoms. The summed E-state index contributed by atoms with van der Waals surface area (Å²) in [6.45, 7) is 0.241. The second-order valence-corrected chi connectivity index (χ2v) is 7.23. The summed E-state index contributed by atoms with van der Waals surface area (Å²) in [4.78, 5) is 16.6. The Morgan fingerprint density at radius 3 is 2.90 bits per heavy atom. The number of fused-ring (bicyclic) bond motifs is 1. The van der Waals surface area contributed by atoms with Crippen molar-refractivity contribution in [2.45, 2.75) is 6.54 Å². The molecule has 2 heterocycles. The van der Waals surface area contributed by atoms with Crippen LogP contribution in [0.15, 0.2) is 65.1 Å². The average Bonchev–Trinajstić information content (AvgIpc) is 3.37. The van der Waals surface area contributed by atoms with Gasteiger partial charge in [-0.15, -0.1) is 11.3 Å². The number of amides is 1. The van der Waals surface area contributed by atoms with E-state index in [2.05, 4.69) is 10.3 Å². The van der Waals surface area contributed by atoms with Crippen LogP contribution in [0, 0.1) is 5.82 Å². The lowest BCUT2D eigenvalue weighted by Gasteiger charge is -2.02. The number of nitrogens with one attached hydrogen (secondary N) is 1. The van der Waals surface area contributed by atoms with E-state index in [9.17, 15) is 9.18 Å². The number of hydrogen-bond donors (Lipinski definition) is 1. The Labute approximate surface area is 170 Å². The fourth-order valence-electron chi connectivity index (χ4n) is 2.76. The standard InChI is InChI=1S/C22H17FN2O3S/c1-27-18-9-6-14(12-16(18)23)7-11-21(26)24-13-15-8-10-19(28-15)22-25-17-4-2-3-5-20(17)29-22/h2-12H,13H2,1H3,(H,24,26)/b11-7+. The largest absolute Gasteiger partial charge is 0.494 e. The van der Waals surface area contributed by atoms with Gasteiger partial charge in [-0.25, -0.2) is 9.37 Å². The molecule has 0 unspecified atom stereocenters. The highest BCUT2D eigenvalue weighted by Crippen LogP contribution is 2.31. The molecule has 0 radical (unpaired) electrons. The minimum atomic E-state index is -0.479. The Morgan fingerprint density at radius 1 is 1.24 bits per heavy atom. The number of furan rings is 1. The predicted octanol–water partition coefficient (Wildman–Crippen LogP) is 5.03. The van der Waals surface area contributed by atoms with Gasteiger partial charge in [-0.1, -0.05) is 18.2 Å². The number of nitrogens with zero attached hydrogens (tertiary/aromatic N) is 1. The summed E-state index contributed by atoms with van der Waals surface area (Å²) in [5.74, 6) is 0.664. The molecule has 5 nitrogen and oxygen atoms in total. The smallest absolute Gasteiger partial charge is 0.244 e. The minimum absolute atomic E-state index is 0.161. The Morgan fingerprint density at radius 2 is 2.10 bits per heavy atom. The van der Waals surface area contributed by atoms with Crippen molar-refractivity contribution < 1.29 is 18.3 Å². The molecule has 0 atom stereocenters. The van der Waals surface area contributed by atoms with Gasteiger partial charge < -0.3 is 14.5 Å². The summed E-state index contributed by atoms with van der Waals surface area (Å²) in [5, 5.41) is 3.54. The Hall–Kier alpha value is -3.45. The number of thiazole rings is 1. The molecule has 146 valence electrons. The van der Waals surface area contributed by atoms with Crippen LogP contribution in [0.4, 0.5) is 4.39 Å². The molecule has 1 N–H and O–H groups in total. The number of carbonyl (C=O) groups excluding carboxylic acids is 1. The molecule has 4 aromatic rings. The van der Waals surface area contributed by atoms with Crippen LogP contribution in [-0.2, 0) is 11.3 Å². The maximum atomic E-state index is 13.7. The zero-order valence-corrected chi connectivity index (χ0v) is 16.3. The first-order valence-electron chi connectivity index (χ1n) is 8.86. The number of carbonyl (C=O) groups is 1. The van der Waals surface area contributed by atoms with Gasteiger partial charge >= 0.3 is 0 Å². The highest BCUT2D eigenvalue weighted by molar-refractivity contribution is 7.21. The van der Waals surface area contributed by atoms with Crippen molar-refractivity contribution in [1.82, 2.24) is 10.3 Å². The van der Waals surface area contributed by atoms with Gasteiger partial charge in [0.25, 0.3) is 0 Å². The molecule has 0 bridgehead atoms. The minimum Gasteiger partial charge on any atom is -0.494 e. The summed E-state index contributed by atoms with van der Waals surface area (Å²) in [6, 6.07) is 16.0. The van der Waals surface area contributed by atoms with E-state index in [1.807, 2.05) is 36.4 Å². The third-order valence-electron chi connectivity index (χ3n) is 4.21. The molecule has 4 rings (SSSR count). The predicted molar refractivity (Wildman–Crippen MR) is 111 cm³/mol. The molecule has 29 heavy (non-hydrogen) atoms. The second-order valence-electron chi connectivity index (χ2n) is 6.20. The number of hydrogen-bond acceptors (Lipinski definition) is 5. The number of halogens is 1. The molecule has 0 saturated carbocycles. The number of rotatable bonds is 6. The maximum absolute atomic E-state index is 13.7. The molecule has 2 aromatic carbocycles. The van der Waals surface area contributed by atoms with Crippen molar-refractivity contribution in [2.75, 3.05) is 7.11 Å². The second kappa shape index (κ2) is 8.28. The number of methoxy groups -OCH3 is 1. The lowest BCUT2D eigenvalue weighted by molar-refractivity contribution is -0.116. The normalized spacial score (nSPS) is 11.2. The number of para-hydroxylation sites is 1. The lowest BCUT2D eigenvalue weighted by Crippen LogP contribution is -2.19. The van der Waals surface area contributed by atoms with Gasteiger partial charge in [-0.3, -0.25) is 4.79 Å². The molecule has 2 aromatic heterocycles. The molecule has 1 amide bonds. The lowest BCUT2D eigenvalue weighted by atomic mass is 10.2. The zero-order valence-electron chi connectivity index (χ0n) is 15.5. The van der Waals surface area contributed by atoms with Gasteiger partial charge in [0.1, 0.15) is 5.76 Å². The van der Waals surface area contributed by atoms with Crippen molar-refractivity contribution in [3.8, 4) is 16.5 Å². The third kappa shape index (κ3) is 4.35. The third-order valence-corrected chi connectivity index (χ3v) is 5.26. The van der Waals surface area contributed by atoms with Crippen LogP contribution in [0.1, 0.15) is 11.3 Å². The topological polar surface area (TPSA) is 64.4 Å². The summed E-state index contributed by atoms with van der Waals surface area (Å²) in [6.07, 6.45) is 2.88. The van der Waals surface area contributed by atoms with Crippen LogP contribution >= 0.6 is 11.3 Å². The van der Waals surface area contributed by atoms with Crippen molar-refractivity contribution in [2.24, 2.45) is 0 Å². The van der Waals surface area contributed by atoms with Crippen molar-refractivity contribution in [3.05, 3.63) is 77.8 Å². The van der Waals surface area contributed by atoms with Crippen LogP contribution in [0.3, 0.4) is 0 Å². The number of ether oxygens (including phenoxy) is 1. The van der Waals surface area contributed by atoms with E-state index >= 15 is 0 Å². The zero-order chi connectivity index (χ0) is 20.2. The molecular formula is C22H17FN2O3S. The first-order valence-corrected chi connectivity index (χ1v) is 9.68. The van der Waals surface area contributed by atoms with Gasteiger partial charge in [-0.05, 0) is 48.0 Å². The van der Waals surface area contributed by atoms with Crippen molar-refractivity contribution in [1.29, 1.82) is 0 Å². The molecule has 0 saturated heterocycles. The van der Waals surface area contributed by atoms with E-state index in [1.165, 1.54) is 31.4 Å². The summed E-state index contributed by atoms with van der Waals surface area (Å²) in [7, 11) is 1.40. The van der Waals surface area contributed by atoms with Gasteiger partial charge in [0.05, 0.1) is 23.9 Å². The van der Waals surface area contributed by atoms with Crippen molar-refractivity contribution in [3.63, 3.8) is 0 Å². The van der Waals surface area contributed by atoms with Crippen LogP contribution in [0.25, 0.3) is 27.1 Å². The van der Waals surface area contributed by atoms with E-state index in [1.54, 1.807) is 17.4 Å². The molecule has 0 fully saturated rings. The van der Waals surface area contributed by atoms with Gasteiger partial charge in [0.15, 0.2) is 22.3 Å². The van der Waals surface area contributed by atoms with E-state index < -0.39 is 5.82 Å². The fourth-order valence-corrected chi connectivity index (χ4v) is 3.68. The quantitative estimate of drug-likeness (QED) is 0.454. The molecule has 7 heteroatoms. The highest BCUT2D eigenvalue weighted by atomic mass is 32.1. The first kappa shape index (κ1) is 18.9. The Balaban J connectivity index is 1.37. The number of aromatic nitrogens is 1. The monoisotopic (exact) mass is 408 g/mol. The van der Waals surface area contributed by atoms with Crippen LogP contribution < -0.4 is 10.1 Å². The summed E-state index contributed by atoms with van der Waals surface area (Å²) >= 11 is 1.55. The molecule has 0 aliphatic carbocycles. The van der Waals surface area contributed by atoms with Crippen molar-refractivity contribution >= 4 is 33.5 Å². The van der Waals surface area contributed by atoms with Crippen LogP contribution in [0.5, 0.6) is 5.75 Å². The first-order chi connectivity index (χ1) is 14.1. The van der Waals surface area contributed by atoms with Gasteiger partial charge in [0.2, 0.25) is 5.91 Å². The summed E-state index contributed by atoms with van der Waals surface area (Å²) in [5.41, 5.74) is 1.49. The number of benzene rings is 2. The highest BCUT2D eigenvalue weighted by Gasteiger charge is 2.10. The van der Waals surface area contributed by atoms with Crippen LogP contribution in [-0.4, -0.2) is 18.0 Å². The average molecular weight is 408 g/mol. The Kier molecular flexibility index (Phi) is 5.39. The molecular weight excluding hydrogens is 391 g/mol. The maximum Gasteiger partial charge on any atom is 0.244 e. The SMILES string of the molecule is COc1ccc(/C=C/C(=O)NCc2ccc(-c3nc4ccccc4s3)o2)cc1F. The van der Waals surface area contributed by atoms with E-state index in [0.29, 0.717) is 17.1 Å². The van der Waals surface area contributed by atoms with E-state index in [0.717, 1.165) is 15.2 Å². The molecule has 0 aliphatic heterocycles. The van der Waals surface area contributed by atoms with Gasteiger partial charge in [0, 0.05) is 6.08 Å². The van der Waals surface area contributed by atoms with E-state index in [-0.39, 0.29) is 18.2 Å².